The number of amides is 3. The second-order valence-electron chi connectivity index (χ2n) is 8.14. The number of anilines is 2. The number of para-hydroxylation sites is 2. The van der Waals surface area contributed by atoms with Crippen LogP contribution in [0.3, 0.4) is 0 Å². The van der Waals surface area contributed by atoms with Gasteiger partial charge in [-0.3, -0.25) is 14.4 Å². The van der Waals surface area contributed by atoms with E-state index in [-0.39, 0.29) is 48.8 Å². The van der Waals surface area contributed by atoms with E-state index in [0.717, 1.165) is 4.90 Å². The van der Waals surface area contributed by atoms with Gasteiger partial charge in [-0.1, -0.05) is 12.1 Å². The third kappa shape index (κ3) is 5.79. The second-order valence-corrected chi connectivity index (χ2v) is 8.14. The van der Waals surface area contributed by atoms with Gasteiger partial charge in [0.25, 0.3) is 11.8 Å². The Morgan fingerprint density at radius 1 is 1.26 bits per heavy atom. The molecule has 2 rings (SSSR count). The molecule has 0 spiro atoms. The van der Waals surface area contributed by atoms with E-state index in [1.165, 1.54) is 0 Å². The summed E-state index contributed by atoms with van der Waals surface area (Å²) >= 11 is 0. The molecule has 0 fully saturated rings. The Balaban J connectivity index is 2.15. The van der Waals surface area contributed by atoms with E-state index in [1.54, 1.807) is 11.0 Å². The molecule has 1 aromatic carbocycles. The van der Waals surface area contributed by atoms with Crippen LogP contribution in [0.2, 0.25) is 0 Å². The lowest BCUT2D eigenvalue weighted by Gasteiger charge is -2.29. The third-order valence-corrected chi connectivity index (χ3v) is 4.45. The summed E-state index contributed by atoms with van der Waals surface area (Å²) in [6, 6.07) is 7.07. The fraction of sp³-hybridized carbons (Fsp3) is 0.550. The highest BCUT2D eigenvalue weighted by Gasteiger charge is 2.31. The molecule has 0 radical (unpaired) electrons. The molecule has 0 saturated carbocycles. The SMILES string of the molecule is CC[NH+](CC(=O)NC(C)(C)C)CC(=O)N1c2ccccc2NC(=O)C[C@@H]1C. The summed E-state index contributed by atoms with van der Waals surface area (Å²) in [5.74, 6) is -0.269. The summed E-state index contributed by atoms with van der Waals surface area (Å²) in [7, 11) is 0. The minimum atomic E-state index is -0.301. The molecule has 1 unspecified atom stereocenters. The van der Waals surface area contributed by atoms with Crippen molar-refractivity contribution in [2.24, 2.45) is 0 Å². The zero-order chi connectivity index (χ0) is 20.2. The molecule has 3 N–H and O–H groups in total. The van der Waals surface area contributed by atoms with Gasteiger partial charge in [0.05, 0.1) is 17.9 Å². The summed E-state index contributed by atoms with van der Waals surface area (Å²) in [5, 5.41) is 5.80. The molecule has 1 aliphatic heterocycles. The summed E-state index contributed by atoms with van der Waals surface area (Å²) in [6.45, 7) is 10.7. The molecule has 0 aromatic heterocycles. The predicted octanol–water partition coefficient (Wildman–Crippen LogP) is 0.570. The van der Waals surface area contributed by atoms with E-state index in [1.807, 2.05) is 52.8 Å². The van der Waals surface area contributed by atoms with Gasteiger partial charge < -0.3 is 20.4 Å². The number of fused-ring (bicyclic) bond motifs is 1. The molecule has 1 heterocycles. The van der Waals surface area contributed by atoms with Crippen LogP contribution in [0, 0.1) is 0 Å². The first kappa shape index (κ1) is 20.9. The summed E-state index contributed by atoms with van der Waals surface area (Å²) in [6.07, 6.45) is 0.242. The number of hydrogen-bond donors (Lipinski definition) is 3. The van der Waals surface area contributed by atoms with Gasteiger partial charge in [0.1, 0.15) is 0 Å². The zero-order valence-electron chi connectivity index (χ0n) is 16.9. The standard InChI is InChI=1S/C20H30N4O3/c1-6-23(12-18(26)22-20(3,4)5)13-19(27)24-14(2)11-17(25)21-15-9-7-8-10-16(15)24/h7-10,14H,6,11-13H2,1-5H3,(H,21,25)(H,22,26)/p+1/t14-/m0/s1. The maximum atomic E-state index is 13.1. The first-order valence-corrected chi connectivity index (χ1v) is 9.46. The summed E-state index contributed by atoms with van der Waals surface area (Å²) < 4.78 is 0. The Labute approximate surface area is 161 Å². The monoisotopic (exact) mass is 375 g/mol. The van der Waals surface area contributed by atoms with Gasteiger partial charge in [0.2, 0.25) is 5.91 Å². The van der Waals surface area contributed by atoms with Crippen molar-refractivity contribution in [3.05, 3.63) is 24.3 Å². The Morgan fingerprint density at radius 2 is 1.93 bits per heavy atom. The molecule has 3 amide bonds. The first-order valence-electron chi connectivity index (χ1n) is 9.46. The van der Waals surface area contributed by atoms with Crippen molar-refractivity contribution in [2.45, 2.75) is 52.6 Å². The van der Waals surface area contributed by atoms with Crippen LogP contribution in [0.5, 0.6) is 0 Å². The van der Waals surface area contributed by atoms with Gasteiger partial charge in [-0.05, 0) is 46.8 Å². The van der Waals surface area contributed by atoms with Gasteiger partial charge >= 0.3 is 0 Å². The van der Waals surface area contributed by atoms with Crippen LogP contribution in [0.25, 0.3) is 0 Å². The Hall–Kier alpha value is -2.41. The number of nitrogens with zero attached hydrogens (tertiary/aromatic N) is 1. The molecule has 2 atom stereocenters. The van der Waals surface area contributed by atoms with Crippen LogP contribution >= 0.6 is 0 Å². The molecule has 0 bridgehead atoms. The highest BCUT2D eigenvalue weighted by molar-refractivity contribution is 6.04. The number of carbonyl (C=O) groups is 3. The topological polar surface area (TPSA) is 82.9 Å². The number of benzene rings is 1. The molecule has 27 heavy (non-hydrogen) atoms. The molecule has 7 heteroatoms. The van der Waals surface area contributed by atoms with Crippen molar-refractivity contribution in [1.82, 2.24) is 5.32 Å². The lowest BCUT2D eigenvalue weighted by atomic mass is 10.1. The minimum Gasteiger partial charge on any atom is -0.347 e. The van der Waals surface area contributed by atoms with Crippen molar-refractivity contribution in [1.29, 1.82) is 0 Å². The van der Waals surface area contributed by atoms with E-state index < -0.39 is 0 Å². The average molecular weight is 375 g/mol. The van der Waals surface area contributed by atoms with E-state index in [4.69, 9.17) is 0 Å². The number of quaternary nitrogens is 1. The molecule has 7 nitrogen and oxygen atoms in total. The van der Waals surface area contributed by atoms with E-state index in [9.17, 15) is 14.4 Å². The molecule has 0 aliphatic carbocycles. The maximum Gasteiger partial charge on any atom is 0.282 e. The first-order chi connectivity index (χ1) is 12.6. The van der Waals surface area contributed by atoms with Crippen molar-refractivity contribution in [2.75, 3.05) is 29.9 Å². The van der Waals surface area contributed by atoms with Crippen molar-refractivity contribution in [3.8, 4) is 0 Å². The minimum absolute atomic E-state index is 0.0756. The van der Waals surface area contributed by atoms with Gasteiger partial charge in [-0.25, -0.2) is 0 Å². The number of hydrogen-bond acceptors (Lipinski definition) is 3. The van der Waals surface area contributed by atoms with Crippen molar-refractivity contribution >= 4 is 29.1 Å². The van der Waals surface area contributed by atoms with Crippen LogP contribution < -0.4 is 20.4 Å². The average Bonchev–Trinajstić information content (AvgIpc) is 2.66. The van der Waals surface area contributed by atoms with E-state index in [0.29, 0.717) is 17.9 Å². The van der Waals surface area contributed by atoms with Gasteiger partial charge in [0.15, 0.2) is 13.1 Å². The third-order valence-electron chi connectivity index (χ3n) is 4.45. The van der Waals surface area contributed by atoms with Crippen LogP contribution in [-0.2, 0) is 14.4 Å². The number of nitrogens with one attached hydrogen (secondary N) is 3. The normalized spacial score (nSPS) is 18.2. The highest BCUT2D eigenvalue weighted by Crippen LogP contribution is 2.30. The Kier molecular flexibility index (Phi) is 6.59. The van der Waals surface area contributed by atoms with Gasteiger partial charge in [-0.2, -0.15) is 0 Å². The maximum absolute atomic E-state index is 13.1. The fourth-order valence-electron chi connectivity index (χ4n) is 3.27. The molecule has 1 aliphatic rings. The van der Waals surface area contributed by atoms with E-state index >= 15 is 0 Å². The molecular weight excluding hydrogens is 344 g/mol. The predicted molar refractivity (Wildman–Crippen MR) is 106 cm³/mol. The number of likely N-dealkylation sites (N-methyl/N-ethyl adjacent to an activating group) is 1. The van der Waals surface area contributed by atoms with E-state index in [2.05, 4.69) is 10.6 Å². The van der Waals surface area contributed by atoms with Crippen molar-refractivity contribution in [3.63, 3.8) is 0 Å². The van der Waals surface area contributed by atoms with Gasteiger partial charge in [0, 0.05) is 18.0 Å². The lowest BCUT2D eigenvalue weighted by molar-refractivity contribution is -0.881. The Bertz CT molecular complexity index is 711. The van der Waals surface area contributed by atoms with Crippen LogP contribution in [0.4, 0.5) is 11.4 Å². The summed E-state index contributed by atoms with van der Waals surface area (Å²) in [4.78, 5) is 40.0. The fourth-order valence-corrected chi connectivity index (χ4v) is 3.27. The van der Waals surface area contributed by atoms with Gasteiger partial charge in [-0.15, -0.1) is 0 Å². The smallest absolute Gasteiger partial charge is 0.282 e. The number of carbonyl (C=O) groups excluding carboxylic acids is 3. The molecule has 148 valence electrons. The molecule has 1 aromatic rings. The van der Waals surface area contributed by atoms with Crippen LogP contribution in [0.15, 0.2) is 24.3 Å². The largest absolute Gasteiger partial charge is 0.347 e. The van der Waals surface area contributed by atoms with Crippen LogP contribution in [0.1, 0.15) is 41.0 Å². The Morgan fingerprint density at radius 3 is 2.56 bits per heavy atom. The zero-order valence-corrected chi connectivity index (χ0v) is 16.9. The molecule has 0 saturated heterocycles. The second kappa shape index (κ2) is 8.52. The molecular formula is C20H31N4O3+. The summed E-state index contributed by atoms with van der Waals surface area (Å²) in [5.41, 5.74) is 1.05. The van der Waals surface area contributed by atoms with Crippen LogP contribution in [-0.4, -0.2) is 48.9 Å². The lowest BCUT2D eigenvalue weighted by Crippen LogP contribution is -3.14. The highest BCUT2D eigenvalue weighted by atomic mass is 16.2. The van der Waals surface area contributed by atoms with Crippen molar-refractivity contribution < 1.29 is 19.3 Å². The quantitative estimate of drug-likeness (QED) is 0.704. The number of rotatable bonds is 5.